The van der Waals surface area contributed by atoms with Gasteiger partial charge in [0, 0.05) is 29.8 Å². The van der Waals surface area contributed by atoms with E-state index in [4.69, 9.17) is 19.4 Å². The molecule has 7 rings (SSSR count). The maximum atomic E-state index is 14.2. The summed E-state index contributed by atoms with van der Waals surface area (Å²) in [6.45, 7) is 5.55. The standard InChI is InChI=1S/C32H32F4N8O2/c1-19-5-6-21(23(33)13-19)18-46-29-4-2-3-24(39-29)20-7-10-43(11-8-20)17-28-38-25-14-26(30-40-31(42-41-30)32(34,35)36)37-15-27(25)44(28)16-22-9-12-45-22/h2-6,13-15,20,22H,7-12,16-18H2,1H3,(H,40,41,42). The van der Waals surface area contributed by atoms with Crippen LogP contribution in [-0.2, 0) is 30.6 Å². The highest BCUT2D eigenvalue weighted by Crippen LogP contribution is 2.31. The number of pyridine rings is 2. The van der Waals surface area contributed by atoms with Crippen molar-refractivity contribution >= 4 is 11.0 Å². The average Bonchev–Trinajstić information content (AvgIpc) is 3.64. The number of fused-ring (bicyclic) bond motifs is 1. The lowest BCUT2D eigenvalue weighted by Gasteiger charge is -2.32. The molecule has 1 N–H and O–H groups in total. The second kappa shape index (κ2) is 12.4. The van der Waals surface area contributed by atoms with Gasteiger partial charge in [-0.15, -0.1) is 0 Å². The van der Waals surface area contributed by atoms with Crippen LogP contribution in [0.15, 0.2) is 48.7 Å². The van der Waals surface area contributed by atoms with E-state index in [0.717, 1.165) is 61.6 Å². The molecule has 0 radical (unpaired) electrons. The zero-order valence-corrected chi connectivity index (χ0v) is 25.1. The molecule has 14 heteroatoms. The summed E-state index contributed by atoms with van der Waals surface area (Å²) in [5.74, 6) is -0.0328. The van der Waals surface area contributed by atoms with Crippen molar-refractivity contribution in [3.05, 3.63) is 82.9 Å². The second-order valence-electron chi connectivity index (χ2n) is 11.8. The van der Waals surface area contributed by atoms with Crippen LogP contribution in [0.3, 0.4) is 0 Å². The molecule has 5 aromatic rings. The Morgan fingerprint density at radius 2 is 1.87 bits per heavy atom. The molecule has 0 spiro atoms. The first-order chi connectivity index (χ1) is 22.2. The van der Waals surface area contributed by atoms with Crippen molar-refractivity contribution in [2.75, 3.05) is 19.7 Å². The van der Waals surface area contributed by atoms with Crippen LogP contribution in [0.4, 0.5) is 17.6 Å². The van der Waals surface area contributed by atoms with E-state index in [1.807, 2.05) is 30.2 Å². The number of halogens is 4. The van der Waals surface area contributed by atoms with Crippen molar-refractivity contribution in [3.8, 4) is 17.4 Å². The largest absolute Gasteiger partial charge is 0.473 e. The molecule has 0 amide bonds. The third-order valence-corrected chi connectivity index (χ3v) is 8.58. The number of hydrogen-bond acceptors (Lipinski definition) is 8. The van der Waals surface area contributed by atoms with Crippen molar-refractivity contribution in [1.29, 1.82) is 0 Å². The highest BCUT2D eigenvalue weighted by atomic mass is 19.4. The number of hydrogen-bond donors (Lipinski definition) is 1. The zero-order valence-electron chi connectivity index (χ0n) is 25.1. The predicted molar refractivity (Wildman–Crippen MR) is 159 cm³/mol. The van der Waals surface area contributed by atoms with Gasteiger partial charge in [-0.3, -0.25) is 15.0 Å². The van der Waals surface area contributed by atoms with Crippen LogP contribution in [0, 0.1) is 12.7 Å². The fraction of sp³-hybridized carbons (Fsp3) is 0.406. The van der Waals surface area contributed by atoms with E-state index >= 15 is 0 Å². The van der Waals surface area contributed by atoms with Crippen molar-refractivity contribution in [3.63, 3.8) is 0 Å². The van der Waals surface area contributed by atoms with Gasteiger partial charge in [0.15, 0.2) is 5.82 Å². The number of nitrogens with one attached hydrogen (secondary N) is 1. The average molecular weight is 637 g/mol. The van der Waals surface area contributed by atoms with Gasteiger partial charge in [-0.25, -0.2) is 19.3 Å². The van der Waals surface area contributed by atoms with Crippen LogP contribution in [0.5, 0.6) is 5.88 Å². The molecular formula is C32H32F4N8O2. The molecule has 0 saturated carbocycles. The Bertz CT molecular complexity index is 1840. The van der Waals surface area contributed by atoms with Crippen LogP contribution < -0.4 is 4.74 Å². The first kappa shape index (κ1) is 30.2. The number of likely N-dealkylation sites (tertiary alicyclic amines) is 1. The Labute approximate surface area is 261 Å². The van der Waals surface area contributed by atoms with E-state index in [9.17, 15) is 17.6 Å². The summed E-state index contributed by atoms with van der Waals surface area (Å²) in [5, 5.41) is 5.65. The summed E-state index contributed by atoms with van der Waals surface area (Å²) in [7, 11) is 0. The lowest BCUT2D eigenvalue weighted by Crippen LogP contribution is -2.35. The highest BCUT2D eigenvalue weighted by Gasteiger charge is 2.35. The number of aryl methyl sites for hydroxylation is 1. The number of aromatic amines is 1. The first-order valence-corrected chi connectivity index (χ1v) is 15.2. The van der Waals surface area contributed by atoms with Crippen molar-refractivity contribution in [1.82, 2.24) is 39.6 Å². The topological polar surface area (TPSA) is 107 Å². The van der Waals surface area contributed by atoms with Crippen molar-refractivity contribution in [2.24, 2.45) is 0 Å². The molecule has 1 unspecified atom stereocenters. The summed E-state index contributed by atoms with van der Waals surface area (Å²) in [6, 6.07) is 12.4. The number of benzene rings is 1. The molecule has 46 heavy (non-hydrogen) atoms. The van der Waals surface area contributed by atoms with Crippen LogP contribution >= 0.6 is 0 Å². The lowest BCUT2D eigenvalue weighted by atomic mass is 9.93. The van der Waals surface area contributed by atoms with E-state index in [1.165, 1.54) is 6.07 Å². The minimum atomic E-state index is -4.63. The molecule has 10 nitrogen and oxygen atoms in total. The van der Waals surface area contributed by atoms with E-state index in [1.54, 1.807) is 24.4 Å². The molecule has 0 aliphatic carbocycles. The van der Waals surface area contributed by atoms with Crippen molar-refractivity contribution < 1.29 is 27.0 Å². The number of imidazole rings is 1. The lowest BCUT2D eigenvalue weighted by molar-refractivity contribution is -0.144. The maximum Gasteiger partial charge on any atom is 0.451 e. The second-order valence-corrected chi connectivity index (χ2v) is 11.8. The number of nitrogens with zero attached hydrogens (tertiary/aromatic N) is 7. The third kappa shape index (κ3) is 6.44. The molecule has 2 aliphatic rings. The zero-order chi connectivity index (χ0) is 31.8. The highest BCUT2D eigenvalue weighted by molar-refractivity contribution is 5.78. The Morgan fingerprint density at radius 3 is 2.59 bits per heavy atom. The van der Waals surface area contributed by atoms with Gasteiger partial charge in [0.25, 0.3) is 0 Å². The van der Waals surface area contributed by atoms with Gasteiger partial charge < -0.3 is 14.0 Å². The van der Waals surface area contributed by atoms with Crippen molar-refractivity contribution in [2.45, 2.75) is 64.1 Å². The van der Waals surface area contributed by atoms with Gasteiger partial charge in [0.2, 0.25) is 11.7 Å². The van der Waals surface area contributed by atoms with Gasteiger partial charge in [-0.1, -0.05) is 18.2 Å². The van der Waals surface area contributed by atoms with E-state index in [0.29, 0.717) is 30.0 Å². The molecule has 6 heterocycles. The number of H-pyrrole nitrogens is 1. The fourth-order valence-corrected chi connectivity index (χ4v) is 5.90. The van der Waals surface area contributed by atoms with Crippen LogP contribution in [0.2, 0.25) is 0 Å². The predicted octanol–water partition coefficient (Wildman–Crippen LogP) is 5.83. The SMILES string of the molecule is Cc1ccc(COc2cccc(C3CCN(Cc4nc5cc(-c6n[nH]c(C(F)(F)F)n6)ncc5n4CC4CCO4)CC3)n2)c(F)c1. The molecule has 1 atom stereocenters. The monoisotopic (exact) mass is 636 g/mol. The summed E-state index contributed by atoms with van der Waals surface area (Å²) in [5.41, 5.74) is 3.90. The fourth-order valence-electron chi connectivity index (χ4n) is 5.90. The minimum Gasteiger partial charge on any atom is -0.473 e. The normalized spacial score (nSPS) is 17.8. The van der Waals surface area contributed by atoms with Crippen LogP contribution in [-0.4, -0.2) is 65.4 Å². The maximum absolute atomic E-state index is 14.2. The number of ether oxygens (including phenoxy) is 2. The quantitative estimate of drug-likeness (QED) is 0.202. The van der Waals surface area contributed by atoms with Gasteiger partial charge in [-0.2, -0.15) is 18.3 Å². The van der Waals surface area contributed by atoms with E-state index in [-0.39, 0.29) is 36.0 Å². The van der Waals surface area contributed by atoms with Gasteiger partial charge in [0.1, 0.15) is 23.9 Å². The van der Waals surface area contributed by atoms with Gasteiger partial charge in [0.05, 0.1) is 36.4 Å². The first-order valence-electron chi connectivity index (χ1n) is 15.2. The van der Waals surface area contributed by atoms with Crippen LogP contribution in [0.25, 0.3) is 22.6 Å². The number of alkyl halides is 3. The molecule has 0 bridgehead atoms. The Hall–Kier alpha value is -4.43. The summed E-state index contributed by atoms with van der Waals surface area (Å²) in [6.07, 6.45) is -0.200. The third-order valence-electron chi connectivity index (χ3n) is 8.58. The summed E-state index contributed by atoms with van der Waals surface area (Å²) < 4.78 is 67.0. The molecule has 2 fully saturated rings. The number of aromatic nitrogens is 7. The molecule has 1 aromatic carbocycles. The van der Waals surface area contributed by atoms with Gasteiger partial charge in [-0.05, 0) is 63.0 Å². The molecular weight excluding hydrogens is 604 g/mol. The van der Waals surface area contributed by atoms with E-state index < -0.39 is 12.0 Å². The Kier molecular flexibility index (Phi) is 8.15. The smallest absolute Gasteiger partial charge is 0.451 e. The summed E-state index contributed by atoms with van der Waals surface area (Å²) >= 11 is 0. The molecule has 4 aromatic heterocycles. The summed E-state index contributed by atoms with van der Waals surface area (Å²) in [4.78, 5) is 19.9. The number of piperidine rings is 1. The van der Waals surface area contributed by atoms with Gasteiger partial charge >= 0.3 is 6.18 Å². The molecule has 2 aliphatic heterocycles. The Morgan fingerprint density at radius 1 is 1.04 bits per heavy atom. The Balaban J connectivity index is 1.03. The molecule has 240 valence electrons. The number of rotatable bonds is 9. The molecule has 2 saturated heterocycles. The van der Waals surface area contributed by atoms with E-state index in [2.05, 4.69) is 24.5 Å². The van der Waals surface area contributed by atoms with Crippen LogP contribution in [0.1, 0.15) is 53.7 Å². The minimum absolute atomic E-state index is 0.0759.